The van der Waals surface area contributed by atoms with Gasteiger partial charge in [-0.1, -0.05) is 12.1 Å². The third kappa shape index (κ3) is 7.00. The van der Waals surface area contributed by atoms with Crippen LogP contribution in [-0.2, 0) is 16.0 Å². The Hall–Kier alpha value is -4.50. The lowest BCUT2D eigenvalue weighted by molar-refractivity contribution is -0.140. The molecule has 0 unspecified atom stereocenters. The van der Waals surface area contributed by atoms with E-state index in [0.717, 1.165) is 5.56 Å². The second-order valence-electron chi connectivity index (χ2n) is 7.73. The predicted molar refractivity (Wildman–Crippen MR) is 133 cm³/mol. The van der Waals surface area contributed by atoms with Gasteiger partial charge in [0.2, 0.25) is 5.95 Å². The van der Waals surface area contributed by atoms with Gasteiger partial charge in [0.15, 0.2) is 17.0 Å². The summed E-state index contributed by atoms with van der Waals surface area (Å²) in [5.74, 6) is -0.479. The highest BCUT2D eigenvalue weighted by Gasteiger charge is 2.22. The van der Waals surface area contributed by atoms with E-state index in [-0.39, 0.29) is 54.1 Å². The largest absolute Gasteiger partial charge is 0.481 e. The second-order valence-corrected chi connectivity index (χ2v) is 7.73. The molecule has 2 atom stereocenters. The summed E-state index contributed by atoms with van der Waals surface area (Å²) in [6, 6.07) is 5.22. The first-order valence-corrected chi connectivity index (χ1v) is 10.5. The number of hydrogen-bond donors (Lipinski definition) is 5. The summed E-state index contributed by atoms with van der Waals surface area (Å²) in [5, 5.41) is 20.3. The molecule has 1 aromatic carbocycles. The van der Waals surface area contributed by atoms with Crippen molar-refractivity contribution in [1.29, 1.82) is 0 Å². The fraction of sp³-hybridized carbons (Fsp3) is 0.261. The zero-order valence-electron chi connectivity index (χ0n) is 18.9. The summed E-state index contributed by atoms with van der Waals surface area (Å²) in [7, 11) is 0. The molecule has 0 saturated carbocycles. The highest BCUT2D eigenvalue weighted by atomic mass is 35.5. The van der Waals surface area contributed by atoms with Crippen LogP contribution in [0, 0.1) is 12.3 Å². The van der Waals surface area contributed by atoms with Crippen molar-refractivity contribution in [2.45, 2.75) is 37.6 Å². The normalized spacial score (nSPS) is 12.1. The fourth-order valence-corrected chi connectivity index (χ4v) is 3.46. The van der Waals surface area contributed by atoms with Crippen molar-refractivity contribution in [1.82, 2.24) is 25.3 Å². The molecule has 0 aliphatic rings. The number of nitrogens with one attached hydrogen (secondary N) is 1. The van der Waals surface area contributed by atoms with Gasteiger partial charge in [-0.05, 0) is 30.5 Å². The molecule has 0 fully saturated rings. The first kappa shape index (κ1) is 27.7. The van der Waals surface area contributed by atoms with Crippen LogP contribution >= 0.6 is 12.4 Å². The summed E-state index contributed by atoms with van der Waals surface area (Å²) in [4.78, 5) is 51.2. The SMILES string of the molecule is C#CC[C@@H](Cc1cnc2nc(N)nc(N)c2n1)c1ccc(C(=O)N[C@@H](CCC(=O)O)C(=O)O)cc1.Cl. The number of carboxylic acid groups (broad SMARTS) is 2. The minimum atomic E-state index is -1.31. The van der Waals surface area contributed by atoms with Gasteiger partial charge in [-0.3, -0.25) is 9.59 Å². The molecular weight excluding hydrogens is 490 g/mol. The molecule has 0 aliphatic carbocycles. The molecule has 12 nitrogen and oxygen atoms in total. The van der Waals surface area contributed by atoms with E-state index in [9.17, 15) is 19.5 Å². The number of carbonyl (C=O) groups is 3. The fourth-order valence-electron chi connectivity index (χ4n) is 3.46. The Balaban J connectivity index is 0.00000456. The molecule has 2 heterocycles. The number of aromatic nitrogens is 4. The van der Waals surface area contributed by atoms with Crippen LogP contribution in [0.2, 0.25) is 0 Å². The third-order valence-corrected chi connectivity index (χ3v) is 5.22. The number of aliphatic carboxylic acids is 2. The van der Waals surface area contributed by atoms with Crippen LogP contribution in [0.25, 0.3) is 11.2 Å². The summed E-state index contributed by atoms with van der Waals surface area (Å²) in [6.45, 7) is 0. The Labute approximate surface area is 212 Å². The molecule has 1 amide bonds. The summed E-state index contributed by atoms with van der Waals surface area (Å²) in [6.07, 6.45) is 7.32. The van der Waals surface area contributed by atoms with Gasteiger partial charge in [0.1, 0.15) is 6.04 Å². The quantitative estimate of drug-likeness (QED) is 0.245. The molecule has 3 rings (SSSR count). The van der Waals surface area contributed by atoms with Crippen molar-refractivity contribution in [3.8, 4) is 12.3 Å². The van der Waals surface area contributed by atoms with Crippen LogP contribution in [0.4, 0.5) is 11.8 Å². The number of nitrogens with zero attached hydrogens (tertiary/aromatic N) is 4. The second kappa shape index (κ2) is 12.3. The number of terminal acetylenes is 1. The molecule has 36 heavy (non-hydrogen) atoms. The van der Waals surface area contributed by atoms with E-state index < -0.39 is 23.9 Å². The number of fused-ring (bicyclic) bond motifs is 1. The molecule has 0 saturated heterocycles. The maximum Gasteiger partial charge on any atom is 0.326 e. The van der Waals surface area contributed by atoms with Gasteiger partial charge in [0, 0.05) is 24.3 Å². The van der Waals surface area contributed by atoms with Crippen molar-refractivity contribution < 1.29 is 24.6 Å². The minimum Gasteiger partial charge on any atom is -0.481 e. The number of halogens is 1. The van der Waals surface area contributed by atoms with Crippen molar-refractivity contribution in [2.75, 3.05) is 11.5 Å². The monoisotopic (exact) mass is 513 g/mol. The number of rotatable bonds is 10. The van der Waals surface area contributed by atoms with Crippen LogP contribution in [0.5, 0.6) is 0 Å². The molecule has 0 bridgehead atoms. The average molecular weight is 514 g/mol. The molecule has 0 radical (unpaired) electrons. The Morgan fingerprint density at radius 2 is 1.78 bits per heavy atom. The van der Waals surface area contributed by atoms with Gasteiger partial charge in [-0.25, -0.2) is 14.8 Å². The van der Waals surface area contributed by atoms with Crippen molar-refractivity contribution in [3.63, 3.8) is 0 Å². The molecule has 188 valence electrons. The Kier molecular flexibility index (Phi) is 9.46. The van der Waals surface area contributed by atoms with E-state index in [2.05, 4.69) is 31.2 Å². The lowest BCUT2D eigenvalue weighted by atomic mass is 9.91. The molecule has 0 spiro atoms. The van der Waals surface area contributed by atoms with Gasteiger partial charge in [0.25, 0.3) is 5.91 Å². The number of nitrogens with two attached hydrogens (primary N) is 2. The standard InChI is InChI=1S/C23H23N7O5.ClH/c1-2-3-14(10-15-11-26-20-18(27-15)19(24)29-23(25)30-20)12-4-6-13(7-5-12)21(33)28-16(22(34)35)8-9-17(31)32;/h1,4-7,11,14,16H,3,8-10H2,(H,28,33)(H,31,32)(H,34,35)(H4,24,25,26,29,30);1H/t14-,16-;/m0./s1. The van der Waals surface area contributed by atoms with E-state index in [1.807, 2.05) is 0 Å². The first-order valence-electron chi connectivity index (χ1n) is 10.5. The Bertz CT molecular complexity index is 1310. The molecular formula is C23H24ClN7O5. The smallest absolute Gasteiger partial charge is 0.326 e. The average Bonchev–Trinajstić information content (AvgIpc) is 2.81. The van der Waals surface area contributed by atoms with Crippen molar-refractivity contribution in [2.24, 2.45) is 0 Å². The van der Waals surface area contributed by atoms with Gasteiger partial charge in [-0.15, -0.1) is 24.8 Å². The summed E-state index contributed by atoms with van der Waals surface area (Å²) >= 11 is 0. The van der Waals surface area contributed by atoms with Crippen LogP contribution in [-0.4, -0.2) is 54.0 Å². The van der Waals surface area contributed by atoms with E-state index in [0.29, 0.717) is 24.1 Å². The Morgan fingerprint density at radius 1 is 1.08 bits per heavy atom. The van der Waals surface area contributed by atoms with Crippen LogP contribution in [0.15, 0.2) is 30.5 Å². The van der Waals surface area contributed by atoms with Crippen LogP contribution in [0.3, 0.4) is 0 Å². The van der Waals surface area contributed by atoms with Gasteiger partial charge in [-0.2, -0.15) is 9.97 Å². The summed E-state index contributed by atoms with van der Waals surface area (Å²) < 4.78 is 0. The highest BCUT2D eigenvalue weighted by molar-refractivity contribution is 5.96. The number of hydrogen-bond acceptors (Lipinski definition) is 9. The first-order chi connectivity index (χ1) is 16.7. The Morgan fingerprint density at radius 3 is 2.39 bits per heavy atom. The molecule has 7 N–H and O–H groups in total. The zero-order valence-corrected chi connectivity index (χ0v) is 19.7. The van der Waals surface area contributed by atoms with Gasteiger partial charge < -0.3 is 27.0 Å². The number of anilines is 2. The van der Waals surface area contributed by atoms with E-state index in [1.165, 1.54) is 0 Å². The molecule has 13 heteroatoms. The predicted octanol–water partition coefficient (Wildman–Crippen LogP) is 1.40. The maximum absolute atomic E-state index is 12.5. The minimum absolute atomic E-state index is 0. The number of amides is 1. The lowest BCUT2D eigenvalue weighted by Crippen LogP contribution is -2.41. The van der Waals surface area contributed by atoms with Gasteiger partial charge in [0.05, 0.1) is 11.9 Å². The van der Waals surface area contributed by atoms with Crippen molar-refractivity contribution >= 4 is 53.2 Å². The number of carbonyl (C=O) groups excluding carboxylic acids is 1. The van der Waals surface area contributed by atoms with E-state index in [1.54, 1.807) is 30.5 Å². The number of nitrogen functional groups attached to an aromatic ring is 2. The lowest BCUT2D eigenvalue weighted by Gasteiger charge is -2.16. The summed E-state index contributed by atoms with van der Waals surface area (Å²) in [5.41, 5.74) is 13.8. The van der Waals surface area contributed by atoms with E-state index >= 15 is 0 Å². The van der Waals surface area contributed by atoms with Gasteiger partial charge >= 0.3 is 11.9 Å². The van der Waals surface area contributed by atoms with Crippen LogP contribution in [0.1, 0.15) is 46.8 Å². The molecule has 3 aromatic rings. The van der Waals surface area contributed by atoms with Crippen LogP contribution < -0.4 is 16.8 Å². The zero-order chi connectivity index (χ0) is 25.5. The number of benzene rings is 1. The highest BCUT2D eigenvalue weighted by Crippen LogP contribution is 2.25. The maximum atomic E-state index is 12.5. The van der Waals surface area contributed by atoms with Crippen molar-refractivity contribution in [3.05, 3.63) is 47.3 Å². The molecule has 2 aromatic heterocycles. The third-order valence-electron chi connectivity index (χ3n) is 5.22. The number of carboxylic acids is 2. The molecule has 0 aliphatic heterocycles. The topological polar surface area (TPSA) is 207 Å². The van der Waals surface area contributed by atoms with E-state index in [4.69, 9.17) is 23.0 Å².